The monoisotopic (exact) mass is 365 g/mol. The molecule has 1 aliphatic heterocycles. The first kappa shape index (κ1) is 19.7. The molecular formula is C19H28ClN3O2. The highest BCUT2D eigenvalue weighted by Crippen LogP contribution is 2.44. The van der Waals surface area contributed by atoms with Crippen molar-refractivity contribution in [3.63, 3.8) is 0 Å². The molecule has 1 saturated carbocycles. The van der Waals surface area contributed by atoms with Crippen LogP contribution in [0.5, 0.6) is 0 Å². The maximum Gasteiger partial charge on any atom is 0.232 e. The number of nitrogens with one attached hydrogen (secondary N) is 3. The molecule has 25 heavy (non-hydrogen) atoms. The fraction of sp³-hybridized carbons (Fsp3) is 0.579. The van der Waals surface area contributed by atoms with E-state index in [0.29, 0.717) is 12.3 Å². The van der Waals surface area contributed by atoms with E-state index in [4.69, 9.17) is 0 Å². The third-order valence-corrected chi connectivity index (χ3v) is 5.37. The second-order valence-electron chi connectivity index (χ2n) is 7.06. The lowest BCUT2D eigenvalue weighted by atomic mass is 9.67. The molecule has 1 aliphatic carbocycles. The summed E-state index contributed by atoms with van der Waals surface area (Å²) in [5.41, 5.74) is 1.22. The molecule has 1 saturated heterocycles. The van der Waals surface area contributed by atoms with Gasteiger partial charge in [-0.05, 0) is 49.9 Å². The summed E-state index contributed by atoms with van der Waals surface area (Å²) in [7, 11) is 0. The summed E-state index contributed by atoms with van der Waals surface area (Å²) in [6.45, 7) is 3.70. The molecule has 3 rings (SSSR count). The van der Waals surface area contributed by atoms with E-state index >= 15 is 0 Å². The fourth-order valence-corrected chi connectivity index (χ4v) is 4.07. The Bertz CT molecular complexity index is 622. The summed E-state index contributed by atoms with van der Waals surface area (Å²) in [5, 5.41) is 9.37. The number of rotatable bonds is 5. The number of amides is 2. The van der Waals surface area contributed by atoms with Crippen molar-refractivity contribution in [1.29, 1.82) is 0 Å². The SMILES string of the molecule is CCCC(=O)Nc1cccc(NC(=O)[C@@]23CCCC[C@H]2CNC3)c1.Cl. The Morgan fingerprint density at radius 1 is 1.24 bits per heavy atom. The van der Waals surface area contributed by atoms with Gasteiger partial charge in [-0.15, -0.1) is 12.4 Å². The van der Waals surface area contributed by atoms with E-state index in [-0.39, 0.29) is 29.6 Å². The number of fused-ring (bicyclic) bond motifs is 1. The Hall–Kier alpha value is -1.59. The third kappa shape index (κ3) is 4.33. The van der Waals surface area contributed by atoms with Crippen LogP contribution >= 0.6 is 12.4 Å². The number of halogens is 1. The third-order valence-electron chi connectivity index (χ3n) is 5.37. The van der Waals surface area contributed by atoms with Crippen LogP contribution in [0, 0.1) is 11.3 Å². The van der Waals surface area contributed by atoms with Crippen LogP contribution in [0.3, 0.4) is 0 Å². The number of hydrogen-bond donors (Lipinski definition) is 3. The maximum atomic E-state index is 13.0. The highest BCUT2D eigenvalue weighted by atomic mass is 35.5. The van der Waals surface area contributed by atoms with Crippen molar-refractivity contribution in [3.8, 4) is 0 Å². The zero-order chi connectivity index (χ0) is 17.0. The Morgan fingerprint density at radius 2 is 2.00 bits per heavy atom. The summed E-state index contributed by atoms with van der Waals surface area (Å²) in [4.78, 5) is 24.7. The Morgan fingerprint density at radius 3 is 2.76 bits per heavy atom. The van der Waals surface area contributed by atoms with Crippen LogP contribution in [0.15, 0.2) is 24.3 Å². The van der Waals surface area contributed by atoms with Crippen molar-refractivity contribution >= 4 is 35.6 Å². The van der Waals surface area contributed by atoms with Crippen LogP contribution in [-0.4, -0.2) is 24.9 Å². The van der Waals surface area contributed by atoms with Crippen molar-refractivity contribution in [1.82, 2.24) is 5.32 Å². The molecule has 2 amide bonds. The molecular weight excluding hydrogens is 338 g/mol. The number of hydrogen-bond acceptors (Lipinski definition) is 3. The molecule has 3 N–H and O–H groups in total. The van der Waals surface area contributed by atoms with Gasteiger partial charge < -0.3 is 16.0 Å². The second-order valence-corrected chi connectivity index (χ2v) is 7.06. The van der Waals surface area contributed by atoms with E-state index < -0.39 is 0 Å². The van der Waals surface area contributed by atoms with E-state index in [1.54, 1.807) is 0 Å². The highest BCUT2D eigenvalue weighted by molar-refractivity contribution is 5.97. The van der Waals surface area contributed by atoms with E-state index in [9.17, 15) is 9.59 Å². The predicted molar refractivity (Wildman–Crippen MR) is 103 cm³/mol. The van der Waals surface area contributed by atoms with E-state index in [2.05, 4.69) is 16.0 Å². The molecule has 6 heteroatoms. The number of benzene rings is 1. The number of carbonyl (C=O) groups is 2. The molecule has 2 fully saturated rings. The summed E-state index contributed by atoms with van der Waals surface area (Å²) in [5.74, 6) is 0.569. The molecule has 1 aromatic carbocycles. The Balaban J connectivity index is 0.00000225. The normalized spacial score (nSPS) is 24.8. The quantitative estimate of drug-likeness (QED) is 0.747. The van der Waals surface area contributed by atoms with Gasteiger partial charge in [-0.1, -0.05) is 25.8 Å². The molecule has 2 atom stereocenters. The van der Waals surface area contributed by atoms with Gasteiger partial charge in [0.15, 0.2) is 0 Å². The lowest BCUT2D eigenvalue weighted by Gasteiger charge is -2.37. The number of carbonyl (C=O) groups excluding carboxylic acids is 2. The Labute approximate surface area is 155 Å². The summed E-state index contributed by atoms with van der Waals surface area (Å²) < 4.78 is 0. The van der Waals surface area contributed by atoms with Gasteiger partial charge in [0.05, 0.1) is 5.41 Å². The van der Waals surface area contributed by atoms with Crippen LogP contribution in [0.2, 0.25) is 0 Å². The molecule has 0 spiro atoms. The first-order valence-electron chi connectivity index (χ1n) is 9.06. The molecule has 0 bridgehead atoms. The van der Waals surface area contributed by atoms with Crippen LogP contribution in [0.25, 0.3) is 0 Å². The van der Waals surface area contributed by atoms with Gasteiger partial charge >= 0.3 is 0 Å². The molecule has 0 aromatic heterocycles. The van der Waals surface area contributed by atoms with Crippen LogP contribution in [0.4, 0.5) is 11.4 Å². The van der Waals surface area contributed by atoms with Gasteiger partial charge in [0, 0.05) is 24.3 Å². The van der Waals surface area contributed by atoms with Crippen LogP contribution < -0.4 is 16.0 Å². The molecule has 2 aliphatic rings. The molecule has 0 unspecified atom stereocenters. The van der Waals surface area contributed by atoms with Gasteiger partial charge in [-0.2, -0.15) is 0 Å². The minimum Gasteiger partial charge on any atom is -0.326 e. The summed E-state index contributed by atoms with van der Waals surface area (Å²) >= 11 is 0. The fourth-order valence-electron chi connectivity index (χ4n) is 4.07. The second kappa shape index (κ2) is 8.68. The average molecular weight is 366 g/mol. The maximum absolute atomic E-state index is 13.0. The molecule has 138 valence electrons. The molecule has 0 radical (unpaired) electrons. The first-order chi connectivity index (χ1) is 11.6. The molecule has 1 heterocycles. The molecule has 5 nitrogen and oxygen atoms in total. The number of anilines is 2. The van der Waals surface area contributed by atoms with Crippen molar-refractivity contribution in [2.45, 2.75) is 45.4 Å². The lowest BCUT2D eigenvalue weighted by Crippen LogP contribution is -2.44. The van der Waals surface area contributed by atoms with Gasteiger partial charge in [0.1, 0.15) is 0 Å². The van der Waals surface area contributed by atoms with Gasteiger partial charge in [-0.3, -0.25) is 9.59 Å². The summed E-state index contributed by atoms with van der Waals surface area (Å²) in [6.07, 6.45) is 5.77. The Kier molecular flexibility index (Phi) is 6.85. The molecule has 1 aromatic rings. The minimum absolute atomic E-state index is 0. The summed E-state index contributed by atoms with van der Waals surface area (Å²) in [6, 6.07) is 7.43. The van der Waals surface area contributed by atoms with E-state index in [1.807, 2.05) is 31.2 Å². The minimum atomic E-state index is -0.264. The first-order valence-corrected chi connectivity index (χ1v) is 9.06. The van der Waals surface area contributed by atoms with Gasteiger partial charge in [0.2, 0.25) is 11.8 Å². The van der Waals surface area contributed by atoms with Crippen molar-refractivity contribution < 1.29 is 9.59 Å². The highest BCUT2D eigenvalue weighted by Gasteiger charge is 2.49. The topological polar surface area (TPSA) is 70.2 Å². The van der Waals surface area contributed by atoms with E-state index in [0.717, 1.165) is 50.1 Å². The standard InChI is InChI=1S/C19H27N3O2.ClH/c1-2-6-17(23)21-15-8-5-9-16(11-15)22-18(24)19-10-4-3-7-14(19)12-20-13-19;/h5,8-9,11,14,20H,2-4,6-7,10,12-13H2,1H3,(H,21,23)(H,22,24);1H/t14-,19+;/m0./s1. The smallest absolute Gasteiger partial charge is 0.232 e. The zero-order valence-corrected chi connectivity index (χ0v) is 15.6. The van der Waals surface area contributed by atoms with Crippen molar-refractivity contribution in [3.05, 3.63) is 24.3 Å². The van der Waals surface area contributed by atoms with Gasteiger partial charge in [-0.25, -0.2) is 0 Å². The largest absolute Gasteiger partial charge is 0.326 e. The lowest BCUT2D eigenvalue weighted by molar-refractivity contribution is -0.128. The average Bonchev–Trinajstić information content (AvgIpc) is 3.00. The van der Waals surface area contributed by atoms with E-state index in [1.165, 1.54) is 6.42 Å². The predicted octanol–water partition coefficient (Wildman–Crippen LogP) is 3.57. The van der Waals surface area contributed by atoms with Gasteiger partial charge in [0.25, 0.3) is 0 Å². The van der Waals surface area contributed by atoms with Crippen molar-refractivity contribution in [2.75, 3.05) is 23.7 Å². The van der Waals surface area contributed by atoms with Crippen molar-refractivity contribution in [2.24, 2.45) is 11.3 Å². The zero-order valence-electron chi connectivity index (χ0n) is 14.8. The van der Waals surface area contributed by atoms with Crippen LogP contribution in [-0.2, 0) is 9.59 Å². The van der Waals surface area contributed by atoms with Crippen LogP contribution in [0.1, 0.15) is 45.4 Å².